The second-order valence-corrected chi connectivity index (χ2v) is 6.72. The average Bonchev–Trinajstić information content (AvgIpc) is 2.95. The normalized spacial score (nSPS) is 15.5. The van der Waals surface area contributed by atoms with Gasteiger partial charge >= 0.3 is 5.69 Å². The van der Waals surface area contributed by atoms with Gasteiger partial charge in [-0.2, -0.15) is 4.98 Å². The predicted molar refractivity (Wildman–Crippen MR) is 109 cm³/mol. The van der Waals surface area contributed by atoms with Crippen LogP contribution in [-0.2, 0) is 11.8 Å². The van der Waals surface area contributed by atoms with Gasteiger partial charge in [0.25, 0.3) is 0 Å². The number of rotatable bonds is 4. The molecular weight excluding hydrogens is 360 g/mol. The van der Waals surface area contributed by atoms with Gasteiger partial charge in [0.1, 0.15) is 5.52 Å². The molecule has 0 aliphatic carbocycles. The number of nitrogens with one attached hydrogen (secondary N) is 1. The van der Waals surface area contributed by atoms with E-state index < -0.39 is 0 Å². The maximum absolute atomic E-state index is 12.8. The first-order chi connectivity index (χ1) is 13.6. The Bertz CT molecular complexity index is 1100. The number of aliphatic imine (C=N–C) groups is 1. The van der Waals surface area contributed by atoms with Crippen LogP contribution in [0.5, 0.6) is 0 Å². The van der Waals surface area contributed by atoms with Crippen molar-refractivity contribution in [3.63, 3.8) is 0 Å². The SMILES string of the molecule is Cc1cc(N=CN)ncc1Nc1ncc2c(n1)n(C1CCOCC1)c(=O)n2C.[HH]. The number of pyridine rings is 1. The molecule has 0 spiro atoms. The molecule has 28 heavy (non-hydrogen) atoms. The van der Waals surface area contributed by atoms with Crippen molar-refractivity contribution in [2.24, 2.45) is 17.8 Å². The van der Waals surface area contributed by atoms with Crippen molar-refractivity contribution < 1.29 is 6.16 Å². The highest BCUT2D eigenvalue weighted by Gasteiger charge is 2.23. The summed E-state index contributed by atoms with van der Waals surface area (Å²) in [6, 6.07) is 1.88. The average molecular weight is 384 g/mol. The lowest BCUT2D eigenvalue weighted by atomic mass is 10.1. The summed E-state index contributed by atoms with van der Waals surface area (Å²) in [6.07, 6.45) is 6.10. The highest BCUT2D eigenvalue weighted by atomic mass is 16.5. The third-order valence-corrected chi connectivity index (χ3v) is 4.94. The van der Waals surface area contributed by atoms with Gasteiger partial charge < -0.3 is 15.8 Å². The van der Waals surface area contributed by atoms with E-state index in [2.05, 4.69) is 25.3 Å². The first kappa shape index (κ1) is 18.1. The van der Waals surface area contributed by atoms with Crippen molar-refractivity contribution in [3.8, 4) is 0 Å². The lowest BCUT2D eigenvalue weighted by molar-refractivity contribution is 0.0695. The van der Waals surface area contributed by atoms with Crippen LogP contribution in [0.25, 0.3) is 11.2 Å². The quantitative estimate of drug-likeness (QED) is 0.519. The van der Waals surface area contributed by atoms with E-state index in [9.17, 15) is 4.79 Å². The number of hydrogen-bond acceptors (Lipinski definition) is 7. The number of fused-ring (bicyclic) bond motifs is 1. The van der Waals surface area contributed by atoms with Crippen LogP contribution in [0.15, 0.2) is 28.2 Å². The molecule has 10 nitrogen and oxygen atoms in total. The molecule has 148 valence electrons. The topological polar surface area (TPSA) is 125 Å². The van der Waals surface area contributed by atoms with Gasteiger partial charge in [0, 0.05) is 27.7 Å². The van der Waals surface area contributed by atoms with Gasteiger partial charge in [-0.1, -0.05) is 0 Å². The molecule has 1 fully saturated rings. The van der Waals surface area contributed by atoms with Crippen LogP contribution < -0.4 is 16.7 Å². The molecular formula is C18H24N8O2. The molecule has 1 saturated heterocycles. The first-order valence-electron chi connectivity index (χ1n) is 9.08. The highest BCUT2D eigenvalue weighted by molar-refractivity contribution is 5.73. The van der Waals surface area contributed by atoms with E-state index in [1.165, 1.54) is 6.34 Å². The Morgan fingerprint density at radius 1 is 1.36 bits per heavy atom. The molecule has 0 radical (unpaired) electrons. The Labute approximate surface area is 162 Å². The van der Waals surface area contributed by atoms with Gasteiger partial charge in [0.05, 0.1) is 24.4 Å². The van der Waals surface area contributed by atoms with Gasteiger partial charge in [0.15, 0.2) is 11.5 Å². The molecule has 0 bridgehead atoms. The van der Waals surface area contributed by atoms with Gasteiger partial charge in [-0.25, -0.2) is 19.8 Å². The molecule has 10 heteroatoms. The summed E-state index contributed by atoms with van der Waals surface area (Å²) in [5.74, 6) is 0.928. The summed E-state index contributed by atoms with van der Waals surface area (Å²) >= 11 is 0. The van der Waals surface area contributed by atoms with E-state index in [1.807, 2.05) is 13.0 Å². The van der Waals surface area contributed by atoms with Crippen molar-refractivity contribution in [2.45, 2.75) is 25.8 Å². The summed E-state index contributed by atoms with van der Waals surface area (Å²) in [7, 11) is 1.74. The zero-order chi connectivity index (χ0) is 19.7. The predicted octanol–water partition coefficient (Wildman–Crippen LogP) is 1.79. The monoisotopic (exact) mass is 384 g/mol. The van der Waals surface area contributed by atoms with E-state index in [0.29, 0.717) is 36.1 Å². The summed E-state index contributed by atoms with van der Waals surface area (Å²) in [6.45, 7) is 3.22. The zero-order valence-corrected chi connectivity index (χ0v) is 15.8. The maximum atomic E-state index is 12.8. The number of nitrogens with two attached hydrogens (primary N) is 1. The Kier molecular flexibility index (Phi) is 4.78. The highest BCUT2D eigenvalue weighted by Crippen LogP contribution is 2.25. The van der Waals surface area contributed by atoms with Crippen LogP contribution in [0.2, 0.25) is 0 Å². The molecule has 4 heterocycles. The molecule has 1 aliphatic heterocycles. The Balaban J connectivity index is 0.00000240. The van der Waals surface area contributed by atoms with Crippen molar-refractivity contribution >= 4 is 35.0 Å². The van der Waals surface area contributed by atoms with Crippen LogP contribution >= 0.6 is 0 Å². The van der Waals surface area contributed by atoms with Gasteiger partial charge in [-0.3, -0.25) is 9.13 Å². The molecule has 0 atom stereocenters. The van der Waals surface area contributed by atoms with Crippen LogP contribution in [0.1, 0.15) is 25.9 Å². The minimum absolute atomic E-state index is 0. The van der Waals surface area contributed by atoms with Gasteiger partial charge in [-0.15, -0.1) is 0 Å². The van der Waals surface area contributed by atoms with E-state index in [1.54, 1.807) is 28.6 Å². The third-order valence-electron chi connectivity index (χ3n) is 4.94. The number of imidazole rings is 1. The second kappa shape index (κ2) is 7.39. The van der Waals surface area contributed by atoms with Crippen LogP contribution in [0, 0.1) is 6.92 Å². The van der Waals surface area contributed by atoms with Crippen LogP contribution in [-0.4, -0.2) is 43.6 Å². The zero-order valence-electron chi connectivity index (χ0n) is 15.8. The molecule has 0 saturated carbocycles. The van der Waals surface area contributed by atoms with Crippen LogP contribution in [0.3, 0.4) is 0 Å². The number of aromatic nitrogens is 5. The smallest absolute Gasteiger partial charge is 0.330 e. The first-order valence-corrected chi connectivity index (χ1v) is 9.08. The molecule has 0 amide bonds. The summed E-state index contributed by atoms with van der Waals surface area (Å²) in [5, 5.41) is 3.18. The number of aryl methyl sites for hydroxylation is 2. The standard InChI is InChI=1S/C18H22N8O2.H2/c1-11-7-15(22-10-19)20-8-13(11)23-17-21-9-14-16(24-17)26(18(27)25(14)2)12-3-5-28-6-4-12;/h7-10,12H,3-6H2,1-2H3,(H2,19,20,22)(H,21,23,24);1H. The summed E-state index contributed by atoms with van der Waals surface area (Å²) in [5.41, 5.74) is 8.22. The molecule has 3 aromatic heterocycles. The molecule has 0 aromatic carbocycles. The summed E-state index contributed by atoms with van der Waals surface area (Å²) in [4.78, 5) is 30.0. The Morgan fingerprint density at radius 3 is 2.86 bits per heavy atom. The Hall–Kier alpha value is -3.27. The summed E-state index contributed by atoms with van der Waals surface area (Å²) < 4.78 is 8.77. The fraction of sp³-hybridized carbons (Fsp3) is 0.389. The lowest BCUT2D eigenvalue weighted by Gasteiger charge is -2.22. The van der Waals surface area contributed by atoms with Crippen LogP contribution in [0.4, 0.5) is 17.5 Å². The largest absolute Gasteiger partial charge is 0.390 e. The van der Waals surface area contributed by atoms with E-state index >= 15 is 0 Å². The minimum atomic E-state index is -0.0878. The molecule has 1 aliphatic rings. The fourth-order valence-corrected chi connectivity index (χ4v) is 3.41. The van der Waals surface area contributed by atoms with E-state index in [0.717, 1.165) is 24.1 Å². The number of nitrogens with zero attached hydrogens (tertiary/aromatic N) is 6. The lowest BCUT2D eigenvalue weighted by Crippen LogP contribution is -2.30. The van der Waals surface area contributed by atoms with Crippen molar-refractivity contribution in [1.29, 1.82) is 0 Å². The molecule has 3 N–H and O–H groups in total. The fourth-order valence-electron chi connectivity index (χ4n) is 3.41. The number of hydrogen-bond donors (Lipinski definition) is 2. The van der Waals surface area contributed by atoms with E-state index in [4.69, 9.17) is 10.5 Å². The van der Waals surface area contributed by atoms with Crippen molar-refractivity contribution in [3.05, 3.63) is 34.5 Å². The van der Waals surface area contributed by atoms with E-state index in [-0.39, 0.29) is 13.2 Å². The molecule has 0 unspecified atom stereocenters. The van der Waals surface area contributed by atoms with Crippen molar-refractivity contribution in [2.75, 3.05) is 18.5 Å². The molecule has 4 rings (SSSR count). The molecule has 3 aromatic rings. The minimum Gasteiger partial charge on any atom is -0.390 e. The number of ether oxygens (including phenoxy) is 1. The van der Waals surface area contributed by atoms with Gasteiger partial charge in [-0.05, 0) is 31.4 Å². The Morgan fingerprint density at radius 2 is 2.14 bits per heavy atom. The second-order valence-electron chi connectivity index (χ2n) is 6.72. The number of anilines is 2. The van der Waals surface area contributed by atoms with Crippen molar-refractivity contribution in [1.82, 2.24) is 24.1 Å². The van der Waals surface area contributed by atoms with Gasteiger partial charge in [0.2, 0.25) is 5.95 Å². The third kappa shape index (κ3) is 3.22. The maximum Gasteiger partial charge on any atom is 0.330 e.